The molecule has 3 atom stereocenters. The first-order chi connectivity index (χ1) is 18.0. The van der Waals surface area contributed by atoms with Gasteiger partial charge in [-0.25, -0.2) is 9.78 Å². The van der Waals surface area contributed by atoms with Crippen LogP contribution in [0.25, 0.3) is 10.2 Å². The van der Waals surface area contributed by atoms with E-state index in [-0.39, 0.29) is 17.0 Å². The van der Waals surface area contributed by atoms with Gasteiger partial charge in [-0.1, -0.05) is 85.4 Å². The van der Waals surface area contributed by atoms with E-state index < -0.39 is 42.3 Å². The van der Waals surface area contributed by atoms with E-state index in [0.717, 1.165) is 14.6 Å². The summed E-state index contributed by atoms with van der Waals surface area (Å²) in [6, 6.07) is 7.96. The number of thiazole rings is 1. The van der Waals surface area contributed by atoms with Crippen LogP contribution in [0.15, 0.2) is 39.9 Å². The van der Waals surface area contributed by atoms with Crippen molar-refractivity contribution in [2.45, 2.75) is 80.2 Å². The molecule has 1 saturated heterocycles. The molecule has 0 spiro atoms. The maximum Gasteiger partial charge on any atom is 0.355 e. The number of benzene rings is 1. The maximum atomic E-state index is 14.1. The zero-order valence-corrected chi connectivity index (χ0v) is 29.0. The summed E-state index contributed by atoms with van der Waals surface area (Å²) >= 11 is 19.1. The van der Waals surface area contributed by atoms with Gasteiger partial charge in [0.15, 0.2) is 4.34 Å². The Labute approximate surface area is 259 Å². The number of amides is 1. The molecule has 0 bridgehead atoms. The van der Waals surface area contributed by atoms with Crippen molar-refractivity contribution in [1.29, 1.82) is 0 Å². The number of allylic oxidation sites excluding steroid dienone is 1. The number of esters is 1. The molecule has 2 aromatic rings. The Kier molecular flexibility index (Phi) is 10.9. The predicted octanol–water partition coefficient (Wildman–Crippen LogP) is 8.49. The first-order valence-electron chi connectivity index (χ1n) is 12.4. The smallest absolute Gasteiger partial charge is 0.355 e. The van der Waals surface area contributed by atoms with E-state index in [1.54, 1.807) is 25.2 Å². The van der Waals surface area contributed by atoms with Gasteiger partial charge in [0.05, 0.1) is 21.7 Å². The van der Waals surface area contributed by atoms with Gasteiger partial charge in [0, 0.05) is 0 Å². The average Bonchev–Trinajstić information content (AvgIpc) is 3.23. The number of fused-ring (bicyclic) bond motifs is 1. The van der Waals surface area contributed by atoms with Crippen molar-refractivity contribution < 1.29 is 18.8 Å². The van der Waals surface area contributed by atoms with Gasteiger partial charge in [0.2, 0.25) is 18.7 Å². The summed E-state index contributed by atoms with van der Waals surface area (Å²) in [5.41, 5.74) is 0.621. The van der Waals surface area contributed by atoms with Crippen LogP contribution in [-0.4, -0.2) is 52.2 Å². The summed E-state index contributed by atoms with van der Waals surface area (Å²) in [6.07, 6.45) is 0.640. The van der Waals surface area contributed by atoms with E-state index in [1.807, 2.05) is 24.3 Å². The molecule has 1 unspecified atom stereocenters. The van der Waals surface area contributed by atoms with Crippen LogP contribution >= 0.6 is 67.7 Å². The van der Waals surface area contributed by atoms with Gasteiger partial charge in [0.25, 0.3) is 0 Å². The lowest BCUT2D eigenvalue weighted by atomic mass is 9.64. The Balaban J connectivity index is 2.03. The number of hydrogen-bond donors (Lipinski definition) is 0. The second-order valence-corrected chi connectivity index (χ2v) is 18.9. The molecule has 0 N–H and O–H groups in total. The van der Waals surface area contributed by atoms with Crippen molar-refractivity contribution in [3.8, 4) is 0 Å². The van der Waals surface area contributed by atoms with Crippen LogP contribution in [0.2, 0.25) is 13.1 Å². The number of hydrogen-bond acceptors (Lipinski definition) is 8. The number of aromatic nitrogens is 1. The SMILES string of the molecule is CCC(O[Si](C)C)([C@@H]1C(=O)N(C(C(=O)OCC(Cl)(Cl)Cl)=C(C)C)[C@@H]1SSc1nc2ccccc2s1)C(C)(C)C. The highest BCUT2D eigenvalue weighted by Crippen LogP contribution is 2.56. The second-order valence-electron chi connectivity index (χ2n) is 10.7. The van der Waals surface area contributed by atoms with Crippen LogP contribution in [0.3, 0.4) is 0 Å². The molecule has 39 heavy (non-hydrogen) atoms. The summed E-state index contributed by atoms with van der Waals surface area (Å²) in [5, 5.41) is -0.416. The lowest BCUT2D eigenvalue weighted by Crippen LogP contribution is -2.71. The minimum Gasteiger partial charge on any atom is -0.456 e. The summed E-state index contributed by atoms with van der Waals surface area (Å²) in [5.74, 6) is -1.39. The Hall–Kier alpha value is -0.463. The van der Waals surface area contributed by atoms with E-state index in [1.165, 1.54) is 26.5 Å². The highest BCUT2D eigenvalue weighted by Gasteiger charge is 2.64. The number of likely N-dealkylation sites (tertiary alicyclic amines) is 1. The molecule has 13 heteroatoms. The molecule has 3 rings (SSSR count). The molecular weight excluding hydrogens is 635 g/mol. The van der Waals surface area contributed by atoms with Gasteiger partial charge in [-0.05, 0) is 67.3 Å². The molecule has 1 aliphatic rings. The van der Waals surface area contributed by atoms with Crippen LogP contribution < -0.4 is 0 Å². The van der Waals surface area contributed by atoms with Crippen molar-refractivity contribution in [2.75, 3.05) is 6.61 Å². The van der Waals surface area contributed by atoms with Gasteiger partial charge in [0.1, 0.15) is 17.7 Å². The first kappa shape index (κ1) is 33.0. The third-order valence-corrected chi connectivity index (χ3v) is 11.6. The Morgan fingerprint density at radius 3 is 2.33 bits per heavy atom. The molecule has 0 saturated carbocycles. The van der Waals surface area contributed by atoms with Crippen molar-refractivity contribution in [3.63, 3.8) is 0 Å². The Bertz CT molecular complexity index is 1210. The van der Waals surface area contributed by atoms with E-state index >= 15 is 0 Å². The topological polar surface area (TPSA) is 68.7 Å². The average molecular weight is 669 g/mol. The summed E-state index contributed by atoms with van der Waals surface area (Å²) < 4.78 is 12.2. The molecule has 1 radical (unpaired) electrons. The molecule has 1 aromatic heterocycles. The lowest BCUT2D eigenvalue weighted by Gasteiger charge is -2.59. The number of halogens is 3. The van der Waals surface area contributed by atoms with Gasteiger partial charge >= 0.3 is 5.97 Å². The van der Waals surface area contributed by atoms with Gasteiger partial charge < -0.3 is 9.16 Å². The van der Waals surface area contributed by atoms with Gasteiger partial charge in [-0.3, -0.25) is 9.69 Å². The van der Waals surface area contributed by atoms with E-state index in [9.17, 15) is 9.59 Å². The predicted molar refractivity (Wildman–Crippen MR) is 168 cm³/mol. The number of nitrogens with zero attached hydrogens (tertiary/aromatic N) is 2. The third-order valence-electron chi connectivity index (χ3n) is 6.49. The Morgan fingerprint density at radius 1 is 1.18 bits per heavy atom. The number of β-lactam (4-membered cyclic amide) rings is 1. The summed E-state index contributed by atoms with van der Waals surface area (Å²) in [6.45, 7) is 15.6. The minimum atomic E-state index is -1.77. The van der Waals surface area contributed by atoms with Crippen molar-refractivity contribution in [1.82, 2.24) is 9.88 Å². The van der Waals surface area contributed by atoms with Gasteiger partial charge in [-0.15, -0.1) is 11.3 Å². The highest BCUT2D eigenvalue weighted by molar-refractivity contribution is 8.77. The number of carbonyl (C=O) groups excluding carboxylic acids is 2. The van der Waals surface area contributed by atoms with Crippen molar-refractivity contribution in [2.24, 2.45) is 11.3 Å². The number of ether oxygens (including phenoxy) is 1. The molecule has 0 aliphatic carbocycles. The fourth-order valence-electron chi connectivity index (χ4n) is 4.84. The van der Waals surface area contributed by atoms with Crippen LogP contribution in [0.4, 0.5) is 0 Å². The number of carbonyl (C=O) groups is 2. The molecular formula is C26H34Cl3N2O4S3Si. The van der Waals surface area contributed by atoms with Gasteiger partial charge in [-0.2, -0.15) is 0 Å². The summed E-state index contributed by atoms with van der Waals surface area (Å²) in [4.78, 5) is 33.6. The molecule has 1 fully saturated rings. The molecule has 215 valence electrons. The molecule has 1 aliphatic heterocycles. The third kappa shape index (κ3) is 7.31. The number of alkyl halides is 3. The molecule has 1 amide bonds. The zero-order valence-electron chi connectivity index (χ0n) is 23.3. The molecule has 6 nitrogen and oxygen atoms in total. The quantitative estimate of drug-likeness (QED) is 0.0628. The standard InChI is InChI=1S/C26H34Cl3N2O4S3Si/c1-9-25(24(4,5)6,35-39(7)8)18-20(32)31(19(15(2)3)22(33)34-14-26(27,28)29)21(18)37-38-23-30-16-12-10-11-13-17(16)36-23/h10-13,18,21H,9,14H2,1-8H3/t18-,21-,25?/m1/s1. The van der Waals surface area contributed by atoms with E-state index in [4.69, 9.17) is 48.9 Å². The minimum absolute atomic E-state index is 0.158. The van der Waals surface area contributed by atoms with E-state index in [2.05, 4.69) is 40.8 Å². The molecule has 1 aromatic carbocycles. The largest absolute Gasteiger partial charge is 0.456 e. The fourth-order valence-corrected chi connectivity index (χ4v) is 10.4. The van der Waals surface area contributed by atoms with Crippen molar-refractivity contribution in [3.05, 3.63) is 35.5 Å². The highest BCUT2D eigenvalue weighted by atomic mass is 35.6. The molecule has 2 heterocycles. The van der Waals surface area contributed by atoms with E-state index in [0.29, 0.717) is 12.0 Å². The summed E-state index contributed by atoms with van der Waals surface area (Å²) in [7, 11) is 1.83. The Morgan fingerprint density at radius 2 is 1.82 bits per heavy atom. The monoisotopic (exact) mass is 667 g/mol. The normalized spacial score (nSPS) is 19.7. The first-order valence-corrected chi connectivity index (χ1v) is 19.0. The zero-order chi connectivity index (χ0) is 29.3. The van der Waals surface area contributed by atoms with Crippen LogP contribution in [0.1, 0.15) is 48.0 Å². The second kappa shape index (κ2) is 12.8. The number of rotatable bonds is 10. The lowest BCUT2D eigenvalue weighted by molar-refractivity contribution is -0.179. The number of para-hydroxylation sites is 1. The van der Waals surface area contributed by atoms with Crippen LogP contribution in [-0.2, 0) is 18.8 Å². The van der Waals surface area contributed by atoms with Crippen LogP contribution in [0.5, 0.6) is 0 Å². The fraction of sp³-hybridized carbons (Fsp3) is 0.577. The van der Waals surface area contributed by atoms with Crippen LogP contribution in [0, 0.1) is 11.3 Å². The van der Waals surface area contributed by atoms with Crippen molar-refractivity contribution >= 4 is 98.9 Å². The maximum absolute atomic E-state index is 14.1.